The van der Waals surface area contributed by atoms with Crippen LogP contribution in [0.2, 0.25) is 0 Å². The van der Waals surface area contributed by atoms with E-state index >= 15 is 0 Å². The normalized spacial score (nSPS) is 11.5. The highest BCUT2D eigenvalue weighted by molar-refractivity contribution is 7.89. The number of rotatable bonds is 5. The minimum atomic E-state index is -3.38. The molecule has 2 aromatic rings. The zero-order valence-corrected chi connectivity index (χ0v) is 11.5. The number of nitrogens with zero attached hydrogens (tertiary/aromatic N) is 3. The largest absolute Gasteiger partial charge is 0.378 e. The molecule has 0 atom stereocenters. The summed E-state index contributed by atoms with van der Waals surface area (Å²) in [6.07, 6.45) is 1.62. The summed E-state index contributed by atoms with van der Waals surface area (Å²) in [4.78, 5) is 0.235. The van der Waals surface area contributed by atoms with Gasteiger partial charge in [0, 0.05) is 12.7 Å². The van der Waals surface area contributed by atoms with Crippen molar-refractivity contribution in [1.82, 2.24) is 19.5 Å². The molecule has 0 aliphatic rings. The van der Waals surface area contributed by atoms with Crippen LogP contribution in [0.5, 0.6) is 0 Å². The molecule has 0 aliphatic heterocycles. The van der Waals surface area contributed by atoms with Gasteiger partial charge in [-0.1, -0.05) is 0 Å². The highest BCUT2D eigenvalue weighted by Gasteiger charge is 2.10. The van der Waals surface area contributed by atoms with E-state index in [1.54, 1.807) is 30.6 Å². The van der Waals surface area contributed by atoms with Gasteiger partial charge < -0.3 is 9.88 Å². The number of hydrogen-bond acceptors (Lipinski definition) is 5. The molecule has 0 aliphatic carbocycles. The highest BCUT2D eigenvalue weighted by atomic mass is 32.2. The Morgan fingerprint density at radius 1 is 1.26 bits per heavy atom. The second kappa shape index (κ2) is 5.37. The summed E-state index contributed by atoms with van der Waals surface area (Å²) in [5.41, 5.74) is 0.818. The van der Waals surface area contributed by atoms with E-state index in [1.807, 2.05) is 11.6 Å². The summed E-state index contributed by atoms with van der Waals surface area (Å²) in [7, 11) is -0.139. The lowest BCUT2D eigenvalue weighted by atomic mass is 10.3. The molecule has 1 aromatic heterocycles. The van der Waals surface area contributed by atoms with Crippen molar-refractivity contribution in [2.75, 3.05) is 12.4 Å². The van der Waals surface area contributed by atoms with Crippen LogP contribution in [0, 0.1) is 0 Å². The molecule has 7 nitrogen and oxygen atoms in total. The monoisotopic (exact) mass is 281 g/mol. The van der Waals surface area contributed by atoms with Crippen molar-refractivity contribution in [2.24, 2.45) is 7.05 Å². The van der Waals surface area contributed by atoms with E-state index < -0.39 is 10.0 Å². The fourth-order valence-electron chi connectivity index (χ4n) is 1.52. The van der Waals surface area contributed by atoms with E-state index in [-0.39, 0.29) is 4.90 Å². The molecule has 0 saturated heterocycles. The van der Waals surface area contributed by atoms with Gasteiger partial charge in [0.2, 0.25) is 10.0 Å². The minimum absolute atomic E-state index is 0.235. The third-order valence-corrected chi connectivity index (χ3v) is 4.12. The summed E-state index contributed by atoms with van der Waals surface area (Å²) in [6.45, 7) is 0.522. The maximum absolute atomic E-state index is 11.5. The topological polar surface area (TPSA) is 88.9 Å². The molecule has 0 spiro atoms. The van der Waals surface area contributed by atoms with Crippen molar-refractivity contribution in [2.45, 2.75) is 11.4 Å². The van der Waals surface area contributed by atoms with E-state index in [4.69, 9.17) is 0 Å². The van der Waals surface area contributed by atoms with Gasteiger partial charge in [0.25, 0.3) is 0 Å². The van der Waals surface area contributed by atoms with Crippen molar-refractivity contribution in [3.8, 4) is 0 Å². The highest BCUT2D eigenvalue weighted by Crippen LogP contribution is 2.14. The lowest BCUT2D eigenvalue weighted by molar-refractivity contribution is 0.588. The van der Waals surface area contributed by atoms with Gasteiger partial charge in [-0.05, 0) is 31.3 Å². The summed E-state index contributed by atoms with van der Waals surface area (Å²) in [5, 5.41) is 10.9. The molecule has 0 fully saturated rings. The maximum atomic E-state index is 11.5. The predicted molar refractivity (Wildman–Crippen MR) is 71.0 cm³/mol. The van der Waals surface area contributed by atoms with Crippen LogP contribution in [0.1, 0.15) is 5.82 Å². The van der Waals surface area contributed by atoms with Crippen molar-refractivity contribution >= 4 is 15.7 Å². The number of benzene rings is 1. The Balaban J connectivity index is 2.06. The second-order valence-electron chi connectivity index (χ2n) is 3.94. The smallest absolute Gasteiger partial charge is 0.240 e. The number of nitrogens with one attached hydrogen (secondary N) is 2. The van der Waals surface area contributed by atoms with Crippen molar-refractivity contribution in [1.29, 1.82) is 0 Å². The van der Waals surface area contributed by atoms with Crippen LogP contribution in [0.25, 0.3) is 0 Å². The Morgan fingerprint density at radius 2 is 1.95 bits per heavy atom. The molecule has 1 heterocycles. The molecule has 0 saturated carbocycles. The first-order chi connectivity index (χ1) is 9.03. The molecule has 2 rings (SSSR count). The summed E-state index contributed by atoms with van der Waals surface area (Å²) in [6, 6.07) is 6.51. The molecule has 19 heavy (non-hydrogen) atoms. The van der Waals surface area contributed by atoms with E-state index in [0.717, 1.165) is 11.5 Å². The Labute approximate surface area is 111 Å². The number of sulfonamides is 1. The number of hydrogen-bond donors (Lipinski definition) is 2. The van der Waals surface area contributed by atoms with Crippen LogP contribution in [0.15, 0.2) is 35.5 Å². The Kier molecular flexibility index (Phi) is 3.82. The van der Waals surface area contributed by atoms with Crippen LogP contribution >= 0.6 is 0 Å². The Morgan fingerprint density at radius 3 is 2.47 bits per heavy atom. The van der Waals surface area contributed by atoms with Crippen LogP contribution in [-0.4, -0.2) is 30.2 Å². The summed E-state index contributed by atoms with van der Waals surface area (Å²) < 4.78 is 27.2. The SMILES string of the molecule is CNS(=O)(=O)c1ccc(NCc2nncn2C)cc1. The zero-order chi connectivity index (χ0) is 13.9. The quantitative estimate of drug-likeness (QED) is 0.824. The molecule has 102 valence electrons. The number of aryl methyl sites for hydroxylation is 1. The van der Waals surface area contributed by atoms with Crippen LogP contribution in [0.3, 0.4) is 0 Å². The molecule has 2 N–H and O–H groups in total. The minimum Gasteiger partial charge on any atom is -0.378 e. The van der Waals surface area contributed by atoms with Gasteiger partial charge in [0.05, 0.1) is 11.4 Å². The van der Waals surface area contributed by atoms with Crippen LogP contribution in [-0.2, 0) is 23.6 Å². The summed E-state index contributed by atoms with van der Waals surface area (Å²) >= 11 is 0. The van der Waals surface area contributed by atoms with Crippen LogP contribution < -0.4 is 10.0 Å². The first-order valence-electron chi connectivity index (χ1n) is 5.63. The van der Waals surface area contributed by atoms with Crippen molar-refractivity contribution in [3.63, 3.8) is 0 Å². The lowest BCUT2D eigenvalue weighted by Gasteiger charge is -2.07. The number of aromatic nitrogens is 3. The van der Waals surface area contributed by atoms with Gasteiger partial charge in [0.1, 0.15) is 6.33 Å². The first-order valence-corrected chi connectivity index (χ1v) is 7.11. The first kappa shape index (κ1) is 13.5. The van der Waals surface area contributed by atoms with Gasteiger partial charge in [-0.15, -0.1) is 10.2 Å². The van der Waals surface area contributed by atoms with E-state index in [9.17, 15) is 8.42 Å². The van der Waals surface area contributed by atoms with Gasteiger partial charge in [-0.3, -0.25) is 0 Å². The molecular weight excluding hydrogens is 266 g/mol. The van der Waals surface area contributed by atoms with E-state index in [1.165, 1.54) is 7.05 Å². The molecule has 1 aromatic carbocycles. The second-order valence-corrected chi connectivity index (χ2v) is 5.83. The molecule has 0 unspecified atom stereocenters. The average Bonchev–Trinajstić information content (AvgIpc) is 2.82. The fraction of sp³-hybridized carbons (Fsp3) is 0.273. The lowest BCUT2D eigenvalue weighted by Crippen LogP contribution is -2.18. The van der Waals surface area contributed by atoms with Crippen molar-refractivity contribution < 1.29 is 8.42 Å². The van der Waals surface area contributed by atoms with Gasteiger partial charge in [-0.2, -0.15) is 0 Å². The van der Waals surface area contributed by atoms with Crippen molar-refractivity contribution in [3.05, 3.63) is 36.4 Å². The molecule has 0 bridgehead atoms. The fourth-order valence-corrected chi connectivity index (χ4v) is 2.25. The van der Waals surface area contributed by atoms with Gasteiger partial charge >= 0.3 is 0 Å². The average molecular weight is 281 g/mol. The van der Waals surface area contributed by atoms with Gasteiger partial charge in [0.15, 0.2) is 5.82 Å². The van der Waals surface area contributed by atoms with Crippen LogP contribution in [0.4, 0.5) is 5.69 Å². The zero-order valence-electron chi connectivity index (χ0n) is 10.7. The number of anilines is 1. The molecule has 0 radical (unpaired) electrons. The Bertz CT molecular complexity index is 648. The molecule has 0 amide bonds. The maximum Gasteiger partial charge on any atom is 0.240 e. The summed E-state index contributed by atoms with van der Waals surface area (Å²) in [5.74, 6) is 0.798. The van der Waals surface area contributed by atoms with E-state index in [2.05, 4.69) is 20.2 Å². The molecular formula is C11H15N5O2S. The molecule has 8 heteroatoms. The van der Waals surface area contributed by atoms with E-state index in [0.29, 0.717) is 6.54 Å². The predicted octanol–water partition coefficient (Wildman–Crippen LogP) is 0.335. The third-order valence-electron chi connectivity index (χ3n) is 2.69. The third kappa shape index (κ3) is 3.09. The Hall–Kier alpha value is -1.93. The van der Waals surface area contributed by atoms with Gasteiger partial charge in [-0.25, -0.2) is 13.1 Å². The standard InChI is InChI=1S/C11H15N5O2S/c1-12-19(17,18)10-5-3-9(4-6-10)13-7-11-15-14-8-16(11)2/h3-6,8,12-13H,7H2,1-2H3.